The summed E-state index contributed by atoms with van der Waals surface area (Å²) in [5.41, 5.74) is 2.85. The summed E-state index contributed by atoms with van der Waals surface area (Å²) in [6.07, 6.45) is 7.53. The van der Waals surface area contributed by atoms with Gasteiger partial charge in [0.2, 0.25) is 0 Å². The summed E-state index contributed by atoms with van der Waals surface area (Å²) in [6.45, 7) is 4.08. The van der Waals surface area contributed by atoms with Crippen LogP contribution in [0.25, 0.3) is 0 Å². The summed E-state index contributed by atoms with van der Waals surface area (Å²) in [4.78, 5) is 0. The molecule has 0 fully saturated rings. The molecule has 0 heterocycles. The van der Waals surface area contributed by atoms with Gasteiger partial charge in [0, 0.05) is 12.1 Å². The Morgan fingerprint density at radius 1 is 1.29 bits per heavy atom. The molecule has 1 N–H and O–H groups in total. The van der Waals surface area contributed by atoms with Crippen molar-refractivity contribution in [1.82, 2.24) is 5.32 Å². The Balaban J connectivity index is 2.99. The monoisotopic (exact) mass is 235 g/mol. The van der Waals surface area contributed by atoms with Crippen LogP contribution in [0, 0.1) is 0 Å². The molecular weight excluding hydrogens is 214 g/mol. The highest BCUT2D eigenvalue weighted by Gasteiger charge is 1.91. The van der Waals surface area contributed by atoms with E-state index in [1.165, 1.54) is 37.0 Å². The normalized spacial score (nSPS) is 12.1. The molecule has 0 aliphatic rings. The maximum atomic E-state index is 5.54. The van der Waals surface area contributed by atoms with Gasteiger partial charge in [0.1, 0.15) is 0 Å². The number of hydrogen-bond donors (Lipinski definition) is 1. The highest BCUT2D eigenvalue weighted by Crippen LogP contribution is 2.03. The first-order valence-electron chi connectivity index (χ1n) is 5.26. The van der Waals surface area contributed by atoms with E-state index < -0.39 is 0 Å². The minimum Gasteiger partial charge on any atom is -0.313 e. The molecule has 0 aromatic carbocycles. The van der Waals surface area contributed by atoms with Crippen molar-refractivity contribution in [3.05, 3.63) is 11.1 Å². The fourth-order valence-corrected chi connectivity index (χ4v) is 1.74. The van der Waals surface area contributed by atoms with Gasteiger partial charge in [-0.3, -0.25) is 0 Å². The van der Waals surface area contributed by atoms with Crippen molar-refractivity contribution in [2.45, 2.75) is 32.6 Å². The third kappa shape index (κ3) is 10.4. The second-order valence-corrected chi connectivity index (χ2v) is 4.74. The minimum absolute atomic E-state index is 0.925. The van der Waals surface area contributed by atoms with Crippen molar-refractivity contribution in [1.29, 1.82) is 0 Å². The van der Waals surface area contributed by atoms with Crippen LogP contribution in [-0.2, 0) is 0 Å². The summed E-state index contributed by atoms with van der Waals surface area (Å²) in [6, 6.07) is 0. The van der Waals surface area contributed by atoms with Crippen LogP contribution in [0.4, 0.5) is 0 Å². The first kappa shape index (κ1) is 14.3. The molecule has 0 atom stereocenters. The van der Waals surface area contributed by atoms with Gasteiger partial charge in [-0.1, -0.05) is 24.4 Å². The quantitative estimate of drug-likeness (QED) is 0.613. The minimum atomic E-state index is 0.925. The predicted octanol–water partition coefficient (Wildman–Crippen LogP) is 3.64. The largest absolute Gasteiger partial charge is 0.313 e. The molecule has 0 unspecified atom stereocenters. The van der Waals surface area contributed by atoms with Gasteiger partial charge in [-0.2, -0.15) is 11.8 Å². The second-order valence-electron chi connectivity index (χ2n) is 3.54. The van der Waals surface area contributed by atoms with Gasteiger partial charge in [0.15, 0.2) is 0 Å². The zero-order chi connectivity index (χ0) is 10.6. The summed E-state index contributed by atoms with van der Waals surface area (Å²) in [5, 5.41) is 3.37. The van der Waals surface area contributed by atoms with Crippen LogP contribution < -0.4 is 5.32 Å². The lowest BCUT2D eigenvalue weighted by atomic mass is 10.2. The lowest BCUT2D eigenvalue weighted by Gasteiger charge is -2.04. The van der Waals surface area contributed by atoms with Gasteiger partial charge in [-0.15, -0.1) is 0 Å². The Kier molecular flexibility index (Phi) is 11.7. The molecule has 0 spiro atoms. The van der Waals surface area contributed by atoms with Crippen LogP contribution >= 0.6 is 23.4 Å². The Labute approximate surface area is 97.7 Å². The fraction of sp³-hybridized carbons (Fsp3) is 0.818. The lowest BCUT2D eigenvalue weighted by Crippen LogP contribution is -2.17. The fourth-order valence-electron chi connectivity index (χ4n) is 1.17. The highest BCUT2D eigenvalue weighted by molar-refractivity contribution is 7.98. The number of unbranched alkanes of at least 4 members (excludes halogenated alkanes) is 3. The molecule has 1 nitrogen and oxygen atoms in total. The zero-order valence-corrected chi connectivity index (χ0v) is 10.9. The average Bonchev–Trinajstić information content (AvgIpc) is 2.21. The molecule has 0 saturated carbocycles. The van der Waals surface area contributed by atoms with Crippen molar-refractivity contribution in [3.8, 4) is 0 Å². The van der Waals surface area contributed by atoms with E-state index in [9.17, 15) is 0 Å². The van der Waals surface area contributed by atoms with Crippen LogP contribution in [-0.4, -0.2) is 25.1 Å². The first-order chi connectivity index (χ1) is 6.81. The molecule has 0 aliphatic carbocycles. The van der Waals surface area contributed by atoms with E-state index in [1.54, 1.807) is 5.54 Å². The van der Waals surface area contributed by atoms with Crippen molar-refractivity contribution in [2.24, 2.45) is 0 Å². The van der Waals surface area contributed by atoms with E-state index in [-0.39, 0.29) is 0 Å². The molecule has 14 heavy (non-hydrogen) atoms. The smallest absolute Gasteiger partial charge is 0.0173 e. The maximum absolute atomic E-state index is 5.54. The SMILES string of the molecule is CSCCCCCCNCC(C)=CCl. The molecule has 0 bridgehead atoms. The molecule has 3 heteroatoms. The van der Waals surface area contributed by atoms with Crippen LogP contribution in [0.5, 0.6) is 0 Å². The Morgan fingerprint density at radius 2 is 2.00 bits per heavy atom. The Morgan fingerprint density at radius 3 is 2.64 bits per heavy atom. The molecular formula is C11H22ClNS. The third-order valence-electron chi connectivity index (χ3n) is 2.04. The van der Waals surface area contributed by atoms with E-state index in [1.807, 2.05) is 18.7 Å². The molecule has 0 aromatic rings. The standard InChI is InChI=1S/C11H22ClNS/c1-11(9-12)10-13-7-5-3-4-6-8-14-2/h9,13H,3-8,10H2,1-2H3. The summed E-state index contributed by atoms with van der Waals surface area (Å²) < 4.78 is 0. The van der Waals surface area contributed by atoms with Crippen LogP contribution in [0.1, 0.15) is 32.6 Å². The highest BCUT2D eigenvalue weighted by atomic mass is 35.5. The Hall–Kier alpha value is 0.340. The van der Waals surface area contributed by atoms with Crippen LogP contribution in [0.15, 0.2) is 11.1 Å². The first-order valence-corrected chi connectivity index (χ1v) is 7.09. The second kappa shape index (κ2) is 11.4. The molecule has 84 valence electrons. The molecule has 0 aromatic heterocycles. The predicted molar refractivity (Wildman–Crippen MR) is 69.3 cm³/mol. The van der Waals surface area contributed by atoms with Crippen molar-refractivity contribution < 1.29 is 0 Å². The van der Waals surface area contributed by atoms with Crippen molar-refractivity contribution in [3.63, 3.8) is 0 Å². The number of thioether (sulfide) groups is 1. The van der Waals surface area contributed by atoms with Gasteiger partial charge in [0.25, 0.3) is 0 Å². The summed E-state index contributed by atoms with van der Waals surface area (Å²) in [7, 11) is 0. The lowest BCUT2D eigenvalue weighted by molar-refractivity contribution is 0.617. The van der Waals surface area contributed by atoms with Gasteiger partial charge >= 0.3 is 0 Å². The molecule has 0 saturated heterocycles. The van der Waals surface area contributed by atoms with Gasteiger partial charge < -0.3 is 5.32 Å². The molecule has 0 amide bonds. The van der Waals surface area contributed by atoms with Gasteiger partial charge in [-0.05, 0) is 43.9 Å². The Bertz CT molecular complexity index is 148. The topological polar surface area (TPSA) is 12.0 Å². The zero-order valence-electron chi connectivity index (χ0n) is 9.31. The number of halogens is 1. The van der Waals surface area contributed by atoms with Crippen LogP contribution in [0.2, 0.25) is 0 Å². The van der Waals surface area contributed by atoms with E-state index in [2.05, 4.69) is 11.6 Å². The van der Waals surface area contributed by atoms with Gasteiger partial charge in [-0.25, -0.2) is 0 Å². The van der Waals surface area contributed by atoms with E-state index in [0.717, 1.165) is 13.1 Å². The summed E-state index contributed by atoms with van der Waals surface area (Å²) >= 11 is 7.48. The number of rotatable bonds is 9. The molecule has 0 rings (SSSR count). The maximum Gasteiger partial charge on any atom is 0.0173 e. The van der Waals surface area contributed by atoms with E-state index >= 15 is 0 Å². The van der Waals surface area contributed by atoms with Gasteiger partial charge in [0.05, 0.1) is 0 Å². The molecule has 0 radical (unpaired) electrons. The summed E-state index contributed by atoms with van der Waals surface area (Å²) in [5.74, 6) is 1.31. The average molecular weight is 236 g/mol. The molecule has 0 aliphatic heterocycles. The van der Waals surface area contributed by atoms with E-state index in [0.29, 0.717) is 0 Å². The third-order valence-corrected chi connectivity index (χ3v) is 3.11. The van der Waals surface area contributed by atoms with E-state index in [4.69, 9.17) is 11.6 Å². The van der Waals surface area contributed by atoms with Crippen molar-refractivity contribution in [2.75, 3.05) is 25.1 Å². The van der Waals surface area contributed by atoms with Crippen molar-refractivity contribution >= 4 is 23.4 Å². The number of nitrogens with one attached hydrogen (secondary N) is 1. The number of hydrogen-bond acceptors (Lipinski definition) is 2. The van der Waals surface area contributed by atoms with Crippen LogP contribution in [0.3, 0.4) is 0 Å².